The van der Waals surface area contributed by atoms with Gasteiger partial charge in [0.1, 0.15) is 0 Å². The molecule has 1 aliphatic rings. The molecule has 1 heterocycles. The third kappa shape index (κ3) is 6.80. The Balaban J connectivity index is 2.00. The predicted molar refractivity (Wildman–Crippen MR) is 74.5 cm³/mol. The number of carbonyl (C=O) groups is 1. The van der Waals surface area contributed by atoms with Crippen LogP contribution in [0.25, 0.3) is 0 Å². The van der Waals surface area contributed by atoms with E-state index in [1.54, 1.807) is 6.08 Å². The van der Waals surface area contributed by atoms with Gasteiger partial charge in [0.15, 0.2) is 0 Å². The summed E-state index contributed by atoms with van der Waals surface area (Å²) in [7, 11) is 0. The second-order valence-corrected chi connectivity index (χ2v) is 4.90. The van der Waals surface area contributed by atoms with Crippen molar-refractivity contribution in [1.29, 1.82) is 0 Å². The first-order chi connectivity index (χ1) is 8.84. The zero-order valence-corrected chi connectivity index (χ0v) is 11.7. The molecule has 1 saturated heterocycles. The molecule has 0 aromatic carbocycles. The van der Waals surface area contributed by atoms with E-state index in [0.29, 0.717) is 13.2 Å². The molecule has 1 fully saturated rings. The van der Waals surface area contributed by atoms with Crippen molar-refractivity contribution in [2.45, 2.75) is 51.9 Å². The first-order valence-corrected chi connectivity index (χ1v) is 7.37. The maximum atomic E-state index is 11.8. The predicted octanol–water partition coefficient (Wildman–Crippen LogP) is 3.15. The van der Waals surface area contributed by atoms with Crippen molar-refractivity contribution in [3.8, 4) is 0 Å². The van der Waals surface area contributed by atoms with E-state index in [-0.39, 0.29) is 5.91 Å². The molecule has 0 saturated carbocycles. The van der Waals surface area contributed by atoms with Crippen molar-refractivity contribution in [2.75, 3.05) is 26.3 Å². The van der Waals surface area contributed by atoms with Crippen LogP contribution in [-0.4, -0.2) is 37.1 Å². The fourth-order valence-corrected chi connectivity index (χ4v) is 2.12. The average molecular weight is 253 g/mol. The van der Waals surface area contributed by atoms with E-state index in [2.05, 4.69) is 6.92 Å². The minimum atomic E-state index is 0.143. The van der Waals surface area contributed by atoms with Crippen LogP contribution >= 0.6 is 0 Å². The molecule has 0 unspecified atom stereocenters. The van der Waals surface area contributed by atoms with Crippen LogP contribution in [0.4, 0.5) is 0 Å². The topological polar surface area (TPSA) is 29.5 Å². The van der Waals surface area contributed by atoms with E-state index in [1.165, 1.54) is 38.5 Å². The van der Waals surface area contributed by atoms with Crippen molar-refractivity contribution in [1.82, 2.24) is 4.90 Å². The van der Waals surface area contributed by atoms with Gasteiger partial charge in [-0.05, 0) is 18.9 Å². The summed E-state index contributed by atoms with van der Waals surface area (Å²) < 4.78 is 5.22. The van der Waals surface area contributed by atoms with E-state index < -0.39 is 0 Å². The smallest absolute Gasteiger partial charge is 0.246 e. The van der Waals surface area contributed by atoms with Gasteiger partial charge in [-0.25, -0.2) is 0 Å². The lowest BCUT2D eigenvalue weighted by Crippen LogP contribution is -2.39. The number of nitrogens with zero attached hydrogens (tertiary/aromatic N) is 1. The van der Waals surface area contributed by atoms with Crippen LogP contribution in [0.5, 0.6) is 0 Å². The summed E-state index contributed by atoms with van der Waals surface area (Å²) in [5.74, 6) is 0.143. The highest BCUT2D eigenvalue weighted by Crippen LogP contribution is 2.07. The number of hydrogen-bond acceptors (Lipinski definition) is 2. The maximum absolute atomic E-state index is 11.8. The van der Waals surface area contributed by atoms with Crippen LogP contribution in [-0.2, 0) is 9.53 Å². The lowest BCUT2D eigenvalue weighted by Gasteiger charge is -2.25. The molecule has 1 aliphatic heterocycles. The van der Waals surface area contributed by atoms with Crippen molar-refractivity contribution in [2.24, 2.45) is 0 Å². The summed E-state index contributed by atoms with van der Waals surface area (Å²) >= 11 is 0. The van der Waals surface area contributed by atoms with Crippen LogP contribution in [0.2, 0.25) is 0 Å². The molecule has 0 aliphatic carbocycles. The summed E-state index contributed by atoms with van der Waals surface area (Å²) in [4.78, 5) is 13.6. The van der Waals surface area contributed by atoms with Crippen molar-refractivity contribution < 1.29 is 9.53 Å². The van der Waals surface area contributed by atoms with Crippen molar-refractivity contribution in [3.05, 3.63) is 12.2 Å². The molecule has 0 bridgehead atoms. The van der Waals surface area contributed by atoms with E-state index in [9.17, 15) is 4.79 Å². The van der Waals surface area contributed by atoms with Crippen LogP contribution in [0.3, 0.4) is 0 Å². The Morgan fingerprint density at radius 2 is 1.78 bits per heavy atom. The molecular weight excluding hydrogens is 226 g/mol. The third-order valence-corrected chi connectivity index (χ3v) is 3.31. The second kappa shape index (κ2) is 10.1. The number of ether oxygens (including phenoxy) is 1. The number of morpholine rings is 1. The first-order valence-electron chi connectivity index (χ1n) is 7.37. The Kier molecular flexibility index (Phi) is 8.57. The molecule has 3 heteroatoms. The average Bonchev–Trinajstić information content (AvgIpc) is 2.42. The minimum absolute atomic E-state index is 0.143. The van der Waals surface area contributed by atoms with Gasteiger partial charge in [0, 0.05) is 13.1 Å². The van der Waals surface area contributed by atoms with Gasteiger partial charge in [0.25, 0.3) is 0 Å². The normalized spacial score (nSPS) is 16.4. The van der Waals surface area contributed by atoms with Crippen LogP contribution in [0.15, 0.2) is 12.2 Å². The highest BCUT2D eigenvalue weighted by Gasteiger charge is 2.13. The van der Waals surface area contributed by atoms with Gasteiger partial charge in [-0.3, -0.25) is 4.79 Å². The SMILES string of the molecule is CCCCCCCCC=CC(=O)N1CCOCC1. The number of unbranched alkanes of at least 4 members (excludes halogenated alkanes) is 6. The summed E-state index contributed by atoms with van der Waals surface area (Å²) in [6.45, 7) is 5.06. The van der Waals surface area contributed by atoms with E-state index in [4.69, 9.17) is 4.74 Å². The highest BCUT2D eigenvalue weighted by atomic mass is 16.5. The highest BCUT2D eigenvalue weighted by molar-refractivity contribution is 5.87. The Hall–Kier alpha value is -0.830. The molecule has 1 rings (SSSR count). The number of carbonyl (C=O) groups excluding carboxylic acids is 1. The summed E-state index contributed by atoms with van der Waals surface area (Å²) in [5, 5.41) is 0. The summed E-state index contributed by atoms with van der Waals surface area (Å²) in [6, 6.07) is 0. The molecule has 0 spiro atoms. The van der Waals surface area contributed by atoms with Crippen LogP contribution < -0.4 is 0 Å². The second-order valence-electron chi connectivity index (χ2n) is 4.90. The van der Waals surface area contributed by atoms with Crippen molar-refractivity contribution in [3.63, 3.8) is 0 Å². The summed E-state index contributed by atoms with van der Waals surface area (Å²) in [5.41, 5.74) is 0. The van der Waals surface area contributed by atoms with Crippen LogP contribution in [0.1, 0.15) is 51.9 Å². The van der Waals surface area contributed by atoms with Gasteiger partial charge < -0.3 is 9.64 Å². The van der Waals surface area contributed by atoms with E-state index in [1.807, 2.05) is 11.0 Å². The number of rotatable bonds is 8. The monoisotopic (exact) mass is 253 g/mol. The quantitative estimate of drug-likeness (QED) is 0.491. The Morgan fingerprint density at radius 3 is 2.50 bits per heavy atom. The molecular formula is C15H27NO2. The lowest BCUT2D eigenvalue weighted by molar-refractivity contribution is -0.129. The Labute approximate surface area is 111 Å². The van der Waals surface area contributed by atoms with Gasteiger partial charge in [-0.1, -0.05) is 45.1 Å². The van der Waals surface area contributed by atoms with Gasteiger partial charge in [-0.2, -0.15) is 0 Å². The minimum Gasteiger partial charge on any atom is -0.378 e. The molecule has 1 amide bonds. The van der Waals surface area contributed by atoms with Gasteiger partial charge in [0.05, 0.1) is 13.2 Å². The van der Waals surface area contributed by atoms with E-state index >= 15 is 0 Å². The molecule has 0 atom stereocenters. The van der Waals surface area contributed by atoms with Gasteiger partial charge in [0.2, 0.25) is 5.91 Å². The standard InChI is InChI=1S/C15H27NO2/c1-2-3-4-5-6-7-8-9-10-15(17)16-11-13-18-14-12-16/h9-10H,2-8,11-14H2,1H3. The molecule has 0 aromatic heterocycles. The van der Waals surface area contributed by atoms with Gasteiger partial charge >= 0.3 is 0 Å². The Bertz CT molecular complexity index is 245. The number of amides is 1. The fourth-order valence-electron chi connectivity index (χ4n) is 2.12. The summed E-state index contributed by atoms with van der Waals surface area (Å²) in [6.07, 6.45) is 12.6. The first kappa shape index (κ1) is 15.2. The lowest BCUT2D eigenvalue weighted by atomic mass is 10.1. The molecule has 0 radical (unpaired) electrons. The largest absolute Gasteiger partial charge is 0.378 e. The Morgan fingerprint density at radius 1 is 1.11 bits per heavy atom. The number of allylic oxidation sites excluding steroid dienone is 1. The fraction of sp³-hybridized carbons (Fsp3) is 0.800. The molecule has 0 aromatic rings. The van der Waals surface area contributed by atoms with Crippen LogP contribution in [0, 0.1) is 0 Å². The number of hydrogen-bond donors (Lipinski definition) is 0. The zero-order chi connectivity index (χ0) is 13.1. The van der Waals surface area contributed by atoms with E-state index in [0.717, 1.165) is 19.5 Å². The molecule has 3 nitrogen and oxygen atoms in total. The zero-order valence-electron chi connectivity index (χ0n) is 11.7. The molecule has 18 heavy (non-hydrogen) atoms. The maximum Gasteiger partial charge on any atom is 0.246 e. The molecule has 0 N–H and O–H groups in total. The molecule has 104 valence electrons. The van der Waals surface area contributed by atoms with Gasteiger partial charge in [-0.15, -0.1) is 0 Å². The third-order valence-electron chi connectivity index (χ3n) is 3.31. The van der Waals surface area contributed by atoms with Crippen molar-refractivity contribution >= 4 is 5.91 Å².